The van der Waals surface area contributed by atoms with Gasteiger partial charge in [0.15, 0.2) is 9.84 Å². The Bertz CT molecular complexity index is 838. The van der Waals surface area contributed by atoms with Crippen LogP contribution in [-0.4, -0.2) is 48.9 Å². The summed E-state index contributed by atoms with van der Waals surface area (Å²) in [6.07, 6.45) is 5.49. The number of amides is 1. The molecule has 1 aliphatic heterocycles. The minimum Gasteiger partial charge on any atom is -0.356 e. The van der Waals surface area contributed by atoms with Crippen LogP contribution in [0.2, 0.25) is 0 Å². The zero-order valence-corrected chi connectivity index (χ0v) is 14.7. The summed E-state index contributed by atoms with van der Waals surface area (Å²) >= 11 is 0. The maximum atomic E-state index is 12.2. The molecule has 0 saturated carbocycles. The van der Waals surface area contributed by atoms with Crippen molar-refractivity contribution in [2.24, 2.45) is 0 Å². The number of sulfone groups is 1. The molecule has 1 aliphatic rings. The molecule has 132 valence electrons. The first kappa shape index (κ1) is 17.3. The topological polar surface area (TPSA) is 92.3 Å². The van der Waals surface area contributed by atoms with Crippen molar-refractivity contribution in [2.45, 2.75) is 19.0 Å². The van der Waals surface area contributed by atoms with Gasteiger partial charge >= 0.3 is 0 Å². The number of hydrogen-bond acceptors (Lipinski definition) is 6. The van der Waals surface area contributed by atoms with Crippen molar-refractivity contribution in [1.82, 2.24) is 15.3 Å². The van der Waals surface area contributed by atoms with Crippen LogP contribution in [0.4, 0.5) is 5.82 Å². The van der Waals surface area contributed by atoms with Crippen LogP contribution < -0.4 is 10.2 Å². The largest absolute Gasteiger partial charge is 0.356 e. The molecule has 1 N–H and O–H groups in total. The highest BCUT2D eigenvalue weighted by Gasteiger charge is 2.31. The lowest BCUT2D eigenvalue weighted by atomic mass is 10.2. The highest BCUT2D eigenvalue weighted by Crippen LogP contribution is 2.21. The van der Waals surface area contributed by atoms with Crippen LogP contribution in [0.25, 0.3) is 0 Å². The maximum absolute atomic E-state index is 12.2. The molecule has 2 aromatic heterocycles. The van der Waals surface area contributed by atoms with Gasteiger partial charge in [-0.25, -0.2) is 13.4 Å². The summed E-state index contributed by atoms with van der Waals surface area (Å²) in [5.41, 5.74) is 1.38. The van der Waals surface area contributed by atoms with Gasteiger partial charge in [0.1, 0.15) is 5.82 Å². The molecule has 1 unspecified atom stereocenters. The minimum atomic E-state index is -2.94. The summed E-state index contributed by atoms with van der Waals surface area (Å²) in [6.45, 7) is 0.397. The summed E-state index contributed by atoms with van der Waals surface area (Å²) in [4.78, 5) is 22.3. The Labute approximate surface area is 147 Å². The molecule has 0 bridgehead atoms. The zero-order chi connectivity index (χ0) is 17.9. The highest BCUT2D eigenvalue weighted by atomic mass is 32.2. The number of hydrogen-bond donors (Lipinski definition) is 1. The van der Waals surface area contributed by atoms with Crippen molar-refractivity contribution in [3.8, 4) is 0 Å². The maximum Gasteiger partial charge on any atom is 0.253 e. The van der Waals surface area contributed by atoms with Crippen LogP contribution in [0.1, 0.15) is 22.3 Å². The van der Waals surface area contributed by atoms with Gasteiger partial charge in [-0.05, 0) is 30.2 Å². The predicted molar refractivity (Wildman–Crippen MR) is 95.1 cm³/mol. The molecule has 0 aromatic carbocycles. The minimum absolute atomic E-state index is 0.0669. The van der Waals surface area contributed by atoms with Crippen molar-refractivity contribution < 1.29 is 13.2 Å². The van der Waals surface area contributed by atoms with Crippen molar-refractivity contribution in [1.29, 1.82) is 0 Å². The second-order valence-corrected chi connectivity index (χ2v) is 8.35. The molecule has 3 rings (SSSR count). The van der Waals surface area contributed by atoms with Crippen LogP contribution in [-0.2, 0) is 16.4 Å². The van der Waals surface area contributed by atoms with Crippen molar-refractivity contribution in [3.63, 3.8) is 0 Å². The number of pyridine rings is 2. The van der Waals surface area contributed by atoms with Gasteiger partial charge in [0, 0.05) is 38.2 Å². The van der Waals surface area contributed by atoms with Crippen LogP contribution in [0.5, 0.6) is 0 Å². The number of carbonyl (C=O) groups is 1. The van der Waals surface area contributed by atoms with Gasteiger partial charge in [-0.3, -0.25) is 9.78 Å². The molecule has 7 nitrogen and oxygen atoms in total. The fourth-order valence-corrected chi connectivity index (χ4v) is 4.56. The number of anilines is 1. The molecule has 0 aliphatic carbocycles. The molecule has 8 heteroatoms. The van der Waals surface area contributed by atoms with Gasteiger partial charge in [-0.1, -0.05) is 6.07 Å². The number of nitrogens with zero attached hydrogens (tertiary/aromatic N) is 3. The van der Waals surface area contributed by atoms with Crippen LogP contribution in [0.3, 0.4) is 0 Å². The molecule has 3 heterocycles. The Morgan fingerprint density at radius 2 is 2.16 bits per heavy atom. The Morgan fingerprint density at radius 1 is 1.32 bits per heavy atom. The van der Waals surface area contributed by atoms with Crippen LogP contribution in [0.15, 0.2) is 42.9 Å². The van der Waals surface area contributed by atoms with Crippen molar-refractivity contribution in [2.75, 3.05) is 23.5 Å². The van der Waals surface area contributed by atoms with E-state index in [0.29, 0.717) is 24.3 Å². The Balaban J connectivity index is 1.60. The fourth-order valence-electron chi connectivity index (χ4n) is 2.78. The van der Waals surface area contributed by atoms with E-state index >= 15 is 0 Å². The Kier molecular flexibility index (Phi) is 4.98. The lowest BCUT2D eigenvalue weighted by Gasteiger charge is -2.24. The first-order valence-electron chi connectivity index (χ1n) is 8.01. The van der Waals surface area contributed by atoms with Crippen LogP contribution >= 0.6 is 0 Å². The lowest BCUT2D eigenvalue weighted by molar-refractivity contribution is 0.0950. The van der Waals surface area contributed by atoms with Crippen LogP contribution in [0, 0.1) is 0 Å². The third-order valence-corrected chi connectivity index (χ3v) is 6.05. The molecule has 2 aromatic rings. The number of carbonyl (C=O) groups excluding carboxylic acids is 1. The Morgan fingerprint density at radius 3 is 2.76 bits per heavy atom. The van der Waals surface area contributed by atoms with Gasteiger partial charge in [0.05, 0.1) is 17.1 Å². The van der Waals surface area contributed by atoms with Gasteiger partial charge in [0.2, 0.25) is 0 Å². The third-order valence-electron chi connectivity index (χ3n) is 4.30. The van der Waals surface area contributed by atoms with E-state index in [2.05, 4.69) is 15.3 Å². The summed E-state index contributed by atoms with van der Waals surface area (Å²) in [6, 6.07) is 7.07. The van der Waals surface area contributed by atoms with Crippen molar-refractivity contribution in [3.05, 3.63) is 54.0 Å². The van der Waals surface area contributed by atoms with Crippen molar-refractivity contribution >= 4 is 21.6 Å². The highest BCUT2D eigenvalue weighted by molar-refractivity contribution is 7.91. The van der Waals surface area contributed by atoms with E-state index in [4.69, 9.17) is 0 Å². The Hall–Kier alpha value is -2.48. The monoisotopic (exact) mass is 360 g/mol. The van der Waals surface area contributed by atoms with E-state index in [1.54, 1.807) is 24.5 Å². The number of nitrogens with one attached hydrogen (secondary N) is 1. The van der Waals surface area contributed by atoms with E-state index < -0.39 is 9.84 Å². The first-order valence-corrected chi connectivity index (χ1v) is 9.83. The number of aromatic nitrogens is 2. The fraction of sp³-hybridized carbons (Fsp3) is 0.353. The quantitative estimate of drug-likeness (QED) is 0.856. The summed E-state index contributed by atoms with van der Waals surface area (Å²) in [7, 11) is -1.11. The SMILES string of the molecule is CN(c1ccc(C(=O)NCc2cccnc2)cn1)C1CCS(=O)(=O)C1. The molecular weight excluding hydrogens is 340 g/mol. The average molecular weight is 360 g/mol. The molecule has 25 heavy (non-hydrogen) atoms. The van der Waals surface area contributed by atoms with Gasteiger partial charge in [-0.2, -0.15) is 0 Å². The van der Waals surface area contributed by atoms with E-state index in [9.17, 15) is 13.2 Å². The molecule has 0 spiro atoms. The summed E-state index contributed by atoms with van der Waals surface area (Å²) in [5, 5.41) is 2.82. The molecule has 1 atom stereocenters. The van der Waals surface area contributed by atoms with Gasteiger partial charge < -0.3 is 10.2 Å². The predicted octanol–water partition coefficient (Wildman–Crippen LogP) is 1.03. The average Bonchev–Trinajstić information content (AvgIpc) is 3.00. The lowest BCUT2D eigenvalue weighted by Crippen LogP contribution is -2.33. The van der Waals surface area contributed by atoms with Gasteiger partial charge in [0.25, 0.3) is 5.91 Å². The van der Waals surface area contributed by atoms with Gasteiger partial charge in [-0.15, -0.1) is 0 Å². The molecule has 1 amide bonds. The molecule has 1 saturated heterocycles. The van der Waals surface area contributed by atoms with E-state index in [1.807, 2.05) is 24.1 Å². The normalized spacial score (nSPS) is 18.7. The standard InChI is InChI=1S/C17H20N4O3S/c1-21(15-6-8-25(23,24)12-15)16-5-4-14(11-19-16)17(22)20-10-13-3-2-7-18-9-13/h2-5,7,9,11,15H,6,8,10,12H2,1H3,(H,20,22). The molecule has 0 radical (unpaired) electrons. The zero-order valence-electron chi connectivity index (χ0n) is 13.9. The van der Waals surface area contributed by atoms with E-state index in [-0.39, 0.29) is 23.5 Å². The smallest absolute Gasteiger partial charge is 0.253 e. The first-order chi connectivity index (χ1) is 11.9. The van der Waals surface area contributed by atoms with E-state index in [0.717, 1.165) is 5.56 Å². The summed E-state index contributed by atoms with van der Waals surface area (Å²) < 4.78 is 23.2. The molecule has 1 fully saturated rings. The summed E-state index contributed by atoms with van der Waals surface area (Å²) in [5.74, 6) is 0.815. The van der Waals surface area contributed by atoms with E-state index in [1.165, 1.54) is 6.20 Å². The second kappa shape index (κ2) is 7.18. The third kappa shape index (κ3) is 4.33. The second-order valence-electron chi connectivity index (χ2n) is 6.12. The molecular formula is C17H20N4O3S. The number of rotatable bonds is 5.